The van der Waals surface area contributed by atoms with Crippen LogP contribution >= 0.6 is 0 Å². The average molecular weight is 207 g/mol. The van der Waals surface area contributed by atoms with Gasteiger partial charge in [0.05, 0.1) is 0 Å². The van der Waals surface area contributed by atoms with Gasteiger partial charge in [-0.05, 0) is 38.1 Å². The fourth-order valence-corrected chi connectivity index (χ4v) is 2.92. The first kappa shape index (κ1) is 12.6. The van der Waals surface area contributed by atoms with Crippen LogP contribution in [0.3, 0.4) is 0 Å². The lowest BCUT2D eigenvalue weighted by Crippen LogP contribution is -2.36. The first-order chi connectivity index (χ1) is 7.31. The second-order valence-electron chi connectivity index (χ2n) is 4.84. The van der Waals surface area contributed by atoms with E-state index in [4.69, 9.17) is 6.42 Å². The van der Waals surface area contributed by atoms with Crippen molar-refractivity contribution in [2.75, 3.05) is 7.05 Å². The predicted molar refractivity (Wildman–Crippen MR) is 66.7 cm³/mol. The van der Waals surface area contributed by atoms with Crippen LogP contribution in [0, 0.1) is 24.2 Å². The lowest BCUT2D eigenvalue weighted by molar-refractivity contribution is 0.208. The van der Waals surface area contributed by atoms with Crippen molar-refractivity contribution in [1.29, 1.82) is 0 Å². The van der Waals surface area contributed by atoms with Crippen molar-refractivity contribution in [3.63, 3.8) is 0 Å². The van der Waals surface area contributed by atoms with Crippen molar-refractivity contribution in [3.8, 4) is 12.3 Å². The zero-order valence-electron chi connectivity index (χ0n) is 10.3. The number of hydrogen-bond acceptors (Lipinski definition) is 1. The fraction of sp³-hybridized carbons (Fsp3) is 0.857. The molecular weight excluding hydrogens is 182 g/mol. The Morgan fingerprint density at radius 3 is 2.87 bits per heavy atom. The molecule has 15 heavy (non-hydrogen) atoms. The summed E-state index contributed by atoms with van der Waals surface area (Å²) in [5.74, 6) is 4.58. The zero-order valence-corrected chi connectivity index (χ0v) is 10.3. The van der Waals surface area contributed by atoms with Crippen LogP contribution in [0.4, 0.5) is 0 Å². The Bertz CT molecular complexity index is 204. The first-order valence-electron chi connectivity index (χ1n) is 6.42. The molecule has 0 aromatic heterocycles. The van der Waals surface area contributed by atoms with Crippen LogP contribution < -0.4 is 5.32 Å². The molecule has 86 valence electrons. The maximum atomic E-state index is 5.34. The SMILES string of the molecule is C#CCCC(NC)C1CCCC(CC)C1. The lowest BCUT2D eigenvalue weighted by Gasteiger charge is -2.34. The Morgan fingerprint density at radius 1 is 1.47 bits per heavy atom. The standard InChI is InChI=1S/C14H25N/c1-4-6-10-14(15-3)13-9-7-8-12(5-2)11-13/h1,12-15H,5-11H2,2-3H3. The third kappa shape index (κ3) is 3.87. The van der Waals surface area contributed by atoms with Crippen molar-refractivity contribution in [2.45, 2.75) is 57.9 Å². The van der Waals surface area contributed by atoms with E-state index in [0.29, 0.717) is 6.04 Å². The van der Waals surface area contributed by atoms with E-state index in [-0.39, 0.29) is 0 Å². The maximum Gasteiger partial charge on any atom is 0.0101 e. The molecule has 1 fully saturated rings. The van der Waals surface area contributed by atoms with Gasteiger partial charge in [0.2, 0.25) is 0 Å². The summed E-state index contributed by atoms with van der Waals surface area (Å²) >= 11 is 0. The van der Waals surface area contributed by atoms with Gasteiger partial charge in [-0.15, -0.1) is 12.3 Å². The summed E-state index contributed by atoms with van der Waals surface area (Å²) in [6, 6.07) is 0.649. The van der Waals surface area contributed by atoms with Crippen molar-refractivity contribution < 1.29 is 0 Å². The zero-order chi connectivity index (χ0) is 11.1. The van der Waals surface area contributed by atoms with E-state index in [2.05, 4.69) is 25.2 Å². The molecule has 0 aromatic carbocycles. The third-order valence-corrected chi connectivity index (χ3v) is 3.94. The molecule has 3 unspecified atom stereocenters. The Kier molecular flexibility index (Phi) is 5.79. The maximum absolute atomic E-state index is 5.34. The average Bonchev–Trinajstić information content (AvgIpc) is 2.30. The van der Waals surface area contributed by atoms with Crippen LogP contribution in [0.25, 0.3) is 0 Å². The fourth-order valence-electron chi connectivity index (χ4n) is 2.92. The summed E-state index contributed by atoms with van der Waals surface area (Å²) in [6.07, 6.45) is 14.4. The van der Waals surface area contributed by atoms with E-state index in [1.54, 1.807) is 0 Å². The van der Waals surface area contributed by atoms with E-state index in [0.717, 1.165) is 24.7 Å². The minimum Gasteiger partial charge on any atom is -0.317 e. The highest BCUT2D eigenvalue weighted by Crippen LogP contribution is 2.33. The van der Waals surface area contributed by atoms with Crippen LogP contribution in [0.5, 0.6) is 0 Å². The molecule has 1 heteroatoms. The molecule has 0 spiro atoms. The van der Waals surface area contributed by atoms with Gasteiger partial charge < -0.3 is 5.32 Å². The summed E-state index contributed by atoms with van der Waals surface area (Å²) in [5, 5.41) is 3.46. The molecule has 1 rings (SSSR count). The minimum absolute atomic E-state index is 0.649. The van der Waals surface area contributed by atoms with Crippen LogP contribution in [-0.4, -0.2) is 13.1 Å². The second kappa shape index (κ2) is 6.90. The number of hydrogen-bond donors (Lipinski definition) is 1. The third-order valence-electron chi connectivity index (χ3n) is 3.94. The highest BCUT2D eigenvalue weighted by atomic mass is 14.9. The summed E-state index contributed by atoms with van der Waals surface area (Å²) in [7, 11) is 2.08. The smallest absolute Gasteiger partial charge is 0.0101 e. The van der Waals surface area contributed by atoms with E-state index >= 15 is 0 Å². The quantitative estimate of drug-likeness (QED) is 0.683. The van der Waals surface area contributed by atoms with Gasteiger partial charge in [-0.2, -0.15) is 0 Å². The van der Waals surface area contributed by atoms with Crippen LogP contribution in [0.1, 0.15) is 51.9 Å². The predicted octanol–water partition coefficient (Wildman–Crippen LogP) is 3.20. The molecule has 0 radical (unpaired) electrons. The molecule has 0 saturated heterocycles. The molecule has 0 heterocycles. The molecule has 1 aliphatic rings. The van der Waals surface area contributed by atoms with Gasteiger partial charge in [0.1, 0.15) is 0 Å². The van der Waals surface area contributed by atoms with E-state index in [1.165, 1.54) is 32.1 Å². The number of terminal acetylenes is 1. The Morgan fingerprint density at radius 2 is 2.27 bits per heavy atom. The monoisotopic (exact) mass is 207 g/mol. The van der Waals surface area contributed by atoms with Crippen molar-refractivity contribution in [1.82, 2.24) is 5.32 Å². The molecule has 3 atom stereocenters. The number of nitrogens with one attached hydrogen (secondary N) is 1. The second-order valence-corrected chi connectivity index (χ2v) is 4.84. The normalized spacial score (nSPS) is 28.3. The van der Waals surface area contributed by atoms with Crippen molar-refractivity contribution >= 4 is 0 Å². The van der Waals surface area contributed by atoms with E-state index in [9.17, 15) is 0 Å². The van der Waals surface area contributed by atoms with Gasteiger partial charge in [0.25, 0.3) is 0 Å². The Balaban J connectivity index is 2.41. The van der Waals surface area contributed by atoms with Crippen LogP contribution in [0.15, 0.2) is 0 Å². The topological polar surface area (TPSA) is 12.0 Å². The van der Waals surface area contributed by atoms with E-state index in [1.807, 2.05) is 0 Å². The molecular formula is C14H25N. The molecule has 1 nitrogen and oxygen atoms in total. The highest BCUT2D eigenvalue weighted by Gasteiger charge is 2.26. The van der Waals surface area contributed by atoms with Gasteiger partial charge in [-0.1, -0.05) is 26.2 Å². The molecule has 1 N–H and O–H groups in total. The van der Waals surface area contributed by atoms with E-state index < -0.39 is 0 Å². The molecule has 0 aromatic rings. The molecule has 0 aliphatic heterocycles. The molecule has 1 aliphatic carbocycles. The Labute approximate surface area is 95.0 Å². The van der Waals surface area contributed by atoms with Gasteiger partial charge in [0, 0.05) is 12.5 Å². The molecule has 0 amide bonds. The Hall–Kier alpha value is -0.480. The van der Waals surface area contributed by atoms with Gasteiger partial charge in [-0.3, -0.25) is 0 Å². The van der Waals surface area contributed by atoms with Crippen molar-refractivity contribution in [3.05, 3.63) is 0 Å². The summed E-state index contributed by atoms with van der Waals surface area (Å²) < 4.78 is 0. The van der Waals surface area contributed by atoms with Gasteiger partial charge >= 0.3 is 0 Å². The molecule has 1 saturated carbocycles. The van der Waals surface area contributed by atoms with Crippen LogP contribution in [0.2, 0.25) is 0 Å². The number of rotatable bonds is 5. The van der Waals surface area contributed by atoms with Crippen LogP contribution in [-0.2, 0) is 0 Å². The minimum atomic E-state index is 0.649. The largest absolute Gasteiger partial charge is 0.317 e. The first-order valence-corrected chi connectivity index (χ1v) is 6.42. The van der Waals surface area contributed by atoms with Gasteiger partial charge in [-0.25, -0.2) is 0 Å². The summed E-state index contributed by atoms with van der Waals surface area (Å²) in [6.45, 7) is 2.32. The van der Waals surface area contributed by atoms with Crippen molar-refractivity contribution in [2.24, 2.45) is 11.8 Å². The summed E-state index contributed by atoms with van der Waals surface area (Å²) in [4.78, 5) is 0. The summed E-state index contributed by atoms with van der Waals surface area (Å²) in [5.41, 5.74) is 0. The van der Waals surface area contributed by atoms with Gasteiger partial charge in [0.15, 0.2) is 0 Å². The molecule has 0 bridgehead atoms. The highest BCUT2D eigenvalue weighted by molar-refractivity contribution is 4.88. The lowest BCUT2D eigenvalue weighted by atomic mass is 9.76.